The smallest absolute Gasteiger partial charge is 0.378 e. The zero-order chi connectivity index (χ0) is 19.2. The molecule has 10 heteroatoms. The largest absolute Gasteiger partial charge is 0.416 e. The van der Waals surface area contributed by atoms with Gasteiger partial charge < -0.3 is 10.6 Å². The Labute approximate surface area is 151 Å². The normalized spacial score (nSPS) is 11.2. The molecule has 0 saturated carbocycles. The fourth-order valence-corrected chi connectivity index (χ4v) is 2.90. The monoisotopic (exact) mass is 387 g/mol. The van der Waals surface area contributed by atoms with E-state index in [1.807, 2.05) is 17.5 Å². The van der Waals surface area contributed by atoms with Gasteiger partial charge in [0.2, 0.25) is 5.91 Å². The fourth-order valence-electron chi connectivity index (χ4n) is 2.19. The Balaban J connectivity index is 1.83. The predicted molar refractivity (Wildman–Crippen MR) is 92.2 cm³/mol. The topological polar surface area (TPSA) is 84.3 Å². The van der Waals surface area contributed by atoms with E-state index in [1.165, 1.54) is 0 Å². The zero-order valence-electron chi connectivity index (χ0n) is 13.5. The van der Waals surface area contributed by atoms with E-state index in [4.69, 9.17) is 0 Å². The Kier molecular flexibility index (Phi) is 6.56. The molecule has 1 amide bonds. The number of amides is 1. The number of anilines is 1. The first kappa shape index (κ1) is 19.7. The minimum atomic E-state index is -4.65. The summed E-state index contributed by atoms with van der Waals surface area (Å²) in [7, 11) is 0. The molecule has 2 aromatic rings. The van der Waals surface area contributed by atoms with E-state index in [0.717, 1.165) is 17.0 Å². The number of nitro benzene ring substituents is 1. The zero-order valence-corrected chi connectivity index (χ0v) is 14.3. The second-order valence-electron chi connectivity index (χ2n) is 5.34. The lowest BCUT2D eigenvalue weighted by Gasteiger charge is -2.11. The van der Waals surface area contributed by atoms with E-state index in [1.54, 1.807) is 11.3 Å². The highest BCUT2D eigenvalue weighted by molar-refractivity contribution is 7.09. The Morgan fingerprint density at radius 3 is 2.62 bits per heavy atom. The molecule has 0 aliphatic heterocycles. The molecule has 0 bridgehead atoms. The molecule has 2 N–H and O–H groups in total. The van der Waals surface area contributed by atoms with Gasteiger partial charge in [0, 0.05) is 30.5 Å². The van der Waals surface area contributed by atoms with Crippen molar-refractivity contribution in [3.05, 3.63) is 56.3 Å². The molecule has 26 heavy (non-hydrogen) atoms. The second-order valence-corrected chi connectivity index (χ2v) is 6.38. The van der Waals surface area contributed by atoms with Crippen LogP contribution in [0.25, 0.3) is 0 Å². The molecule has 0 spiro atoms. The first-order valence-corrected chi connectivity index (χ1v) is 8.54. The van der Waals surface area contributed by atoms with Crippen molar-refractivity contribution in [1.29, 1.82) is 0 Å². The molecular weight excluding hydrogens is 371 g/mol. The van der Waals surface area contributed by atoms with Gasteiger partial charge in [0.05, 0.1) is 10.5 Å². The van der Waals surface area contributed by atoms with Crippen LogP contribution < -0.4 is 10.6 Å². The summed E-state index contributed by atoms with van der Waals surface area (Å²) >= 11 is 1.56. The third-order valence-corrected chi connectivity index (χ3v) is 4.40. The number of benzene rings is 1. The van der Waals surface area contributed by atoms with Gasteiger partial charge in [-0.25, -0.2) is 0 Å². The maximum atomic E-state index is 12.6. The minimum absolute atomic E-state index is 0.0316. The van der Waals surface area contributed by atoms with Gasteiger partial charge in [-0.05, 0) is 30.0 Å². The number of nitrogens with one attached hydrogen (secondary N) is 2. The average Bonchev–Trinajstić information content (AvgIpc) is 3.09. The summed E-state index contributed by atoms with van der Waals surface area (Å²) in [5.74, 6) is -0.165. The molecule has 2 rings (SSSR count). The van der Waals surface area contributed by atoms with Crippen molar-refractivity contribution in [2.75, 3.05) is 18.4 Å². The predicted octanol–water partition coefficient (Wildman–Crippen LogP) is 3.84. The third-order valence-electron chi connectivity index (χ3n) is 3.46. The molecule has 6 nitrogen and oxygen atoms in total. The molecular formula is C16H16F3N3O3S. The van der Waals surface area contributed by atoms with Crippen molar-refractivity contribution >= 4 is 28.6 Å². The fraction of sp³-hybridized carbons (Fsp3) is 0.312. The van der Waals surface area contributed by atoms with E-state index < -0.39 is 22.4 Å². The van der Waals surface area contributed by atoms with Crippen LogP contribution in [0, 0.1) is 10.1 Å². The highest BCUT2D eigenvalue weighted by Gasteiger charge is 2.32. The van der Waals surface area contributed by atoms with Crippen molar-refractivity contribution in [3.8, 4) is 0 Å². The number of rotatable bonds is 8. The molecule has 1 heterocycles. The van der Waals surface area contributed by atoms with Gasteiger partial charge in [0.15, 0.2) is 0 Å². The van der Waals surface area contributed by atoms with Crippen molar-refractivity contribution in [1.82, 2.24) is 5.32 Å². The Bertz CT molecular complexity index is 764. The van der Waals surface area contributed by atoms with Crippen LogP contribution in [0.1, 0.15) is 16.9 Å². The van der Waals surface area contributed by atoms with Crippen molar-refractivity contribution in [2.24, 2.45) is 0 Å². The molecule has 0 unspecified atom stereocenters. The molecule has 0 radical (unpaired) electrons. The molecule has 0 saturated heterocycles. The van der Waals surface area contributed by atoms with Gasteiger partial charge in [-0.3, -0.25) is 14.9 Å². The van der Waals surface area contributed by atoms with Gasteiger partial charge in [0.25, 0.3) is 5.69 Å². The highest BCUT2D eigenvalue weighted by atomic mass is 32.1. The number of aryl methyl sites for hydroxylation is 1. The molecule has 1 aromatic heterocycles. The number of hydrogen-bond donors (Lipinski definition) is 2. The average molecular weight is 387 g/mol. The SMILES string of the molecule is O=C(CCc1cccs1)NCCNc1ccc(C(F)(F)F)cc1[N+](=O)[O-]. The summed E-state index contributed by atoms with van der Waals surface area (Å²) in [5.41, 5.74) is -1.78. The molecule has 0 aliphatic carbocycles. The van der Waals surface area contributed by atoms with Crippen LogP contribution in [0.2, 0.25) is 0 Å². The van der Waals surface area contributed by atoms with Gasteiger partial charge >= 0.3 is 6.18 Å². The maximum absolute atomic E-state index is 12.6. The molecule has 0 aliphatic rings. The Morgan fingerprint density at radius 2 is 2.00 bits per heavy atom. The van der Waals surface area contributed by atoms with Crippen LogP contribution in [0.15, 0.2) is 35.7 Å². The van der Waals surface area contributed by atoms with E-state index >= 15 is 0 Å². The summed E-state index contributed by atoms with van der Waals surface area (Å²) in [4.78, 5) is 22.9. The first-order chi connectivity index (χ1) is 12.3. The van der Waals surface area contributed by atoms with Gasteiger partial charge in [-0.15, -0.1) is 11.3 Å². The summed E-state index contributed by atoms with van der Waals surface area (Å²) < 4.78 is 37.9. The lowest BCUT2D eigenvalue weighted by atomic mass is 10.1. The van der Waals surface area contributed by atoms with Gasteiger partial charge in [-0.2, -0.15) is 13.2 Å². The van der Waals surface area contributed by atoms with Crippen LogP contribution in [0.4, 0.5) is 24.5 Å². The molecule has 1 aromatic carbocycles. The molecule has 0 atom stereocenters. The van der Waals surface area contributed by atoms with Gasteiger partial charge in [0.1, 0.15) is 5.69 Å². The number of carbonyl (C=O) groups excluding carboxylic acids is 1. The number of hydrogen-bond acceptors (Lipinski definition) is 5. The van der Waals surface area contributed by atoms with Crippen LogP contribution >= 0.6 is 11.3 Å². The van der Waals surface area contributed by atoms with Crippen molar-refractivity contribution in [3.63, 3.8) is 0 Å². The quantitative estimate of drug-likeness (QED) is 0.410. The Morgan fingerprint density at radius 1 is 1.23 bits per heavy atom. The summed E-state index contributed by atoms with van der Waals surface area (Å²) in [5, 5.41) is 18.2. The van der Waals surface area contributed by atoms with Gasteiger partial charge in [-0.1, -0.05) is 6.07 Å². The number of thiophene rings is 1. The standard InChI is InChI=1S/C16H16F3N3O3S/c17-16(18,19)11-3-5-13(14(10-11)22(24)25)20-7-8-21-15(23)6-4-12-2-1-9-26-12/h1-3,5,9-10,20H,4,6-8H2,(H,21,23). The van der Waals surface area contributed by atoms with E-state index in [-0.39, 0.29) is 24.7 Å². The van der Waals surface area contributed by atoms with Crippen molar-refractivity contribution in [2.45, 2.75) is 19.0 Å². The van der Waals surface area contributed by atoms with Crippen LogP contribution in [0.3, 0.4) is 0 Å². The van der Waals surface area contributed by atoms with Crippen LogP contribution in [-0.4, -0.2) is 23.9 Å². The maximum Gasteiger partial charge on any atom is 0.416 e. The molecule has 0 fully saturated rings. The highest BCUT2D eigenvalue weighted by Crippen LogP contribution is 2.34. The Hall–Kier alpha value is -2.62. The lowest BCUT2D eigenvalue weighted by Crippen LogP contribution is -2.29. The second kappa shape index (κ2) is 8.65. The number of halogens is 3. The van der Waals surface area contributed by atoms with Crippen molar-refractivity contribution < 1.29 is 22.9 Å². The van der Waals surface area contributed by atoms with Crippen LogP contribution in [-0.2, 0) is 17.4 Å². The van der Waals surface area contributed by atoms with E-state index in [2.05, 4.69) is 10.6 Å². The third kappa shape index (κ3) is 5.73. The number of nitro groups is 1. The summed E-state index contributed by atoms with van der Waals surface area (Å²) in [6.07, 6.45) is -3.71. The summed E-state index contributed by atoms with van der Waals surface area (Å²) in [6, 6.07) is 6.11. The van der Waals surface area contributed by atoms with E-state index in [9.17, 15) is 28.1 Å². The first-order valence-electron chi connectivity index (χ1n) is 7.66. The van der Waals surface area contributed by atoms with E-state index in [0.29, 0.717) is 18.9 Å². The molecule has 140 valence electrons. The minimum Gasteiger partial charge on any atom is -0.378 e. The number of carbonyl (C=O) groups is 1. The van der Waals surface area contributed by atoms with Crippen LogP contribution in [0.5, 0.6) is 0 Å². The number of alkyl halides is 3. The number of nitrogens with zero attached hydrogens (tertiary/aromatic N) is 1. The summed E-state index contributed by atoms with van der Waals surface area (Å²) in [6.45, 7) is 0.346. The lowest BCUT2D eigenvalue weighted by molar-refractivity contribution is -0.384.